The first kappa shape index (κ1) is 14.3. The smallest absolute Gasteiger partial charge is 0.410 e. The van der Waals surface area contributed by atoms with E-state index in [1.54, 1.807) is 4.90 Å². The second-order valence-corrected chi connectivity index (χ2v) is 5.59. The first-order chi connectivity index (χ1) is 7.83. The highest BCUT2D eigenvalue weighted by atomic mass is 16.6. The van der Waals surface area contributed by atoms with Crippen molar-refractivity contribution in [3.8, 4) is 0 Å². The molecule has 17 heavy (non-hydrogen) atoms. The minimum absolute atomic E-state index is 0.211. The molecule has 0 aromatic carbocycles. The average Bonchev–Trinajstić information content (AvgIpc) is 2.26. The van der Waals surface area contributed by atoms with Crippen LogP contribution in [0.5, 0.6) is 0 Å². The van der Waals surface area contributed by atoms with Gasteiger partial charge in [0.1, 0.15) is 5.60 Å². The normalized spacial score (nSPS) is 20.2. The van der Waals surface area contributed by atoms with Gasteiger partial charge in [0.05, 0.1) is 0 Å². The lowest BCUT2D eigenvalue weighted by molar-refractivity contribution is 0.0115. The molecule has 0 aromatic heterocycles. The van der Waals surface area contributed by atoms with E-state index < -0.39 is 5.60 Å². The number of hydrogen-bond acceptors (Lipinski definition) is 4. The molecule has 0 radical (unpaired) electrons. The Kier molecular flexibility index (Phi) is 4.77. The Balaban J connectivity index is 2.39. The zero-order valence-electron chi connectivity index (χ0n) is 11.4. The summed E-state index contributed by atoms with van der Waals surface area (Å²) >= 11 is 0. The largest absolute Gasteiger partial charge is 0.444 e. The third-order valence-electron chi connectivity index (χ3n) is 2.93. The fraction of sp³-hybridized carbons (Fsp3) is 0.917. The van der Waals surface area contributed by atoms with Crippen LogP contribution in [0.15, 0.2) is 0 Å². The molecule has 0 aromatic rings. The number of nitrogens with zero attached hydrogens (tertiary/aromatic N) is 2. The second kappa shape index (κ2) is 5.69. The molecule has 5 heteroatoms. The predicted molar refractivity (Wildman–Crippen MR) is 67.9 cm³/mol. The number of hydrogen-bond donors (Lipinski definition) is 1. The number of ether oxygens (including phenoxy) is 1. The van der Waals surface area contributed by atoms with Crippen molar-refractivity contribution in [2.24, 2.45) is 5.73 Å². The summed E-state index contributed by atoms with van der Waals surface area (Å²) < 4.78 is 5.34. The monoisotopic (exact) mass is 243 g/mol. The SMILES string of the molecule is C[C@H](CN)N1CCN(C(=O)OC(C)(C)C)CC1. The summed E-state index contributed by atoms with van der Waals surface area (Å²) in [4.78, 5) is 15.9. The third kappa shape index (κ3) is 4.52. The van der Waals surface area contributed by atoms with Crippen LogP contribution >= 0.6 is 0 Å². The lowest BCUT2D eigenvalue weighted by atomic mass is 10.2. The maximum absolute atomic E-state index is 11.8. The fourth-order valence-electron chi connectivity index (χ4n) is 1.82. The summed E-state index contributed by atoms with van der Waals surface area (Å²) in [5.74, 6) is 0. The Labute approximate surface area is 104 Å². The van der Waals surface area contributed by atoms with Crippen LogP contribution in [-0.4, -0.2) is 60.3 Å². The minimum Gasteiger partial charge on any atom is -0.444 e. The Bertz CT molecular complexity index is 255. The Morgan fingerprint density at radius 1 is 1.29 bits per heavy atom. The predicted octanol–water partition coefficient (Wildman–Crippen LogP) is 0.886. The highest BCUT2D eigenvalue weighted by Gasteiger charge is 2.26. The van der Waals surface area contributed by atoms with Crippen LogP contribution in [0.25, 0.3) is 0 Å². The van der Waals surface area contributed by atoms with Gasteiger partial charge in [-0.05, 0) is 27.7 Å². The molecule has 1 saturated heterocycles. The maximum atomic E-state index is 11.8. The highest BCUT2D eigenvalue weighted by Crippen LogP contribution is 2.12. The molecule has 0 unspecified atom stereocenters. The lowest BCUT2D eigenvalue weighted by Crippen LogP contribution is -2.53. The summed E-state index contributed by atoms with van der Waals surface area (Å²) in [6.07, 6.45) is -0.211. The lowest BCUT2D eigenvalue weighted by Gasteiger charge is -2.38. The van der Waals surface area contributed by atoms with E-state index in [0.29, 0.717) is 12.6 Å². The molecule has 2 N–H and O–H groups in total. The third-order valence-corrected chi connectivity index (χ3v) is 2.93. The molecule has 0 saturated carbocycles. The van der Waals surface area contributed by atoms with E-state index in [1.165, 1.54) is 0 Å². The van der Waals surface area contributed by atoms with Crippen LogP contribution in [0.2, 0.25) is 0 Å². The molecule has 1 aliphatic rings. The van der Waals surface area contributed by atoms with E-state index in [9.17, 15) is 4.79 Å². The standard InChI is InChI=1S/C12H25N3O2/c1-10(9-13)14-5-7-15(8-6-14)11(16)17-12(2,3)4/h10H,5-9,13H2,1-4H3/t10-/m1/s1. The van der Waals surface area contributed by atoms with Crippen molar-refractivity contribution in [3.63, 3.8) is 0 Å². The quantitative estimate of drug-likeness (QED) is 0.782. The minimum atomic E-state index is -0.418. The van der Waals surface area contributed by atoms with Crippen LogP contribution in [0.1, 0.15) is 27.7 Å². The fourth-order valence-corrected chi connectivity index (χ4v) is 1.82. The zero-order valence-corrected chi connectivity index (χ0v) is 11.4. The molecule has 0 aliphatic carbocycles. The Hall–Kier alpha value is -0.810. The van der Waals surface area contributed by atoms with Gasteiger partial charge in [0, 0.05) is 38.8 Å². The molecular weight excluding hydrogens is 218 g/mol. The molecule has 5 nitrogen and oxygen atoms in total. The number of piperazine rings is 1. The van der Waals surface area contributed by atoms with E-state index in [0.717, 1.165) is 26.2 Å². The summed E-state index contributed by atoms with van der Waals surface area (Å²) in [7, 11) is 0. The van der Waals surface area contributed by atoms with Gasteiger partial charge in [-0.3, -0.25) is 4.90 Å². The van der Waals surface area contributed by atoms with Gasteiger partial charge in [-0.2, -0.15) is 0 Å². The number of carbonyl (C=O) groups is 1. The second-order valence-electron chi connectivity index (χ2n) is 5.59. The Morgan fingerprint density at radius 3 is 2.24 bits per heavy atom. The number of carbonyl (C=O) groups excluding carboxylic acids is 1. The van der Waals surface area contributed by atoms with Crippen molar-refractivity contribution in [1.82, 2.24) is 9.80 Å². The van der Waals surface area contributed by atoms with Gasteiger partial charge in [-0.1, -0.05) is 0 Å². The highest BCUT2D eigenvalue weighted by molar-refractivity contribution is 5.68. The molecular formula is C12H25N3O2. The van der Waals surface area contributed by atoms with Gasteiger partial charge in [0.15, 0.2) is 0 Å². The maximum Gasteiger partial charge on any atom is 0.410 e. The summed E-state index contributed by atoms with van der Waals surface area (Å²) in [5, 5.41) is 0. The van der Waals surface area contributed by atoms with E-state index in [1.807, 2.05) is 20.8 Å². The van der Waals surface area contributed by atoms with E-state index in [4.69, 9.17) is 10.5 Å². The number of amides is 1. The van der Waals surface area contributed by atoms with Crippen LogP contribution in [0.4, 0.5) is 4.79 Å². The topological polar surface area (TPSA) is 58.8 Å². The van der Waals surface area contributed by atoms with Crippen molar-refractivity contribution in [2.45, 2.75) is 39.3 Å². The molecule has 100 valence electrons. The molecule has 1 aliphatic heterocycles. The average molecular weight is 243 g/mol. The van der Waals surface area contributed by atoms with Gasteiger partial charge in [-0.15, -0.1) is 0 Å². The zero-order chi connectivity index (χ0) is 13.1. The van der Waals surface area contributed by atoms with Crippen LogP contribution in [0, 0.1) is 0 Å². The Morgan fingerprint density at radius 2 is 1.82 bits per heavy atom. The number of rotatable bonds is 2. The molecule has 0 bridgehead atoms. The molecule has 1 amide bonds. The van der Waals surface area contributed by atoms with Crippen LogP contribution in [0.3, 0.4) is 0 Å². The molecule has 1 atom stereocenters. The van der Waals surface area contributed by atoms with E-state index >= 15 is 0 Å². The van der Waals surface area contributed by atoms with Gasteiger partial charge in [0.25, 0.3) is 0 Å². The van der Waals surface area contributed by atoms with Gasteiger partial charge in [-0.25, -0.2) is 4.79 Å². The van der Waals surface area contributed by atoms with Crippen molar-refractivity contribution >= 4 is 6.09 Å². The van der Waals surface area contributed by atoms with Crippen LogP contribution in [-0.2, 0) is 4.74 Å². The summed E-state index contributed by atoms with van der Waals surface area (Å²) in [5.41, 5.74) is 5.22. The first-order valence-electron chi connectivity index (χ1n) is 6.25. The first-order valence-corrected chi connectivity index (χ1v) is 6.25. The van der Waals surface area contributed by atoms with Gasteiger partial charge in [0.2, 0.25) is 0 Å². The molecule has 0 spiro atoms. The van der Waals surface area contributed by atoms with Crippen molar-refractivity contribution in [1.29, 1.82) is 0 Å². The van der Waals surface area contributed by atoms with Crippen LogP contribution < -0.4 is 5.73 Å². The van der Waals surface area contributed by atoms with E-state index in [2.05, 4.69) is 11.8 Å². The van der Waals surface area contributed by atoms with E-state index in [-0.39, 0.29) is 6.09 Å². The van der Waals surface area contributed by atoms with Gasteiger partial charge >= 0.3 is 6.09 Å². The van der Waals surface area contributed by atoms with Crippen molar-refractivity contribution < 1.29 is 9.53 Å². The summed E-state index contributed by atoms with van der Waals surface area (Å²) in [6.45, 7) is 11.6. The molecule has 1 fully saturated rings. The summed E-state index contributed by atoms with van der Waals surface area (Å²) in [6, 6.07) is 0.385. The number of nitrogens with two attached hydrogens (primary N) is 1. The molecule has 1 rings (SSSR count). The van der Waals surface area contributed by atoms with Gasteiger partial charge < -0.3 is 15.4 Å². The van der Waals surface area contributed by atoms with Crippen molar-refractivity contribution in [3.05, 3.63) is 0 Å². The molecule has 1 heterocycles. The van der Waals surface area contributed by atoms with Crippen molar-refractivity contribution in [2.75, 3.05) is 32.7 Å².